The van der Waals surface area contributed by atoms with E-state index in [4.69, 9.17) is 10.5 Å². The third-order valence-corrected chi connectivity index (χ3v) is 2.16. The molecule has 0 radical (unpaired) electrons. The first-order chi connectivity index (χ1) is 7.00. The molecule has 0 aromatic heterocycles. The van der Waals surface area contributed by atoms with Gasteiger partial charge in [0.1, 0.15) is 5.75 Å². The summed E-state index contributed by atoms with van der Waals surface area (Å²) in [6.07, 6.45) is -0.372. The molecule has 0 aliphatic carbocycles. The minimum atomic E-state index is -0.540. The van der Waals surface area contributed by atoms with E-state index < -0.39 is 6.10 Å². The second-order valence-electron chi connectivity index (χ2n) is 4.00. The Kier molecular flexibility index (Phi) is 4.12. The van der Waals surface area contributed by atoms with E-state index >= 15 is 0 Å². The van der Waals surface area contributed by atoms with Gasteiger partial charge in [0.2, 0.25) is 0 Å². The first-order valence-corrected chi connectivity index (χ1v) is 5.21. The van der Waals surface area contributed by atoms with Gasteiger partial charge in [-0.2, -0.15) is 0 Å². The average Bonchev–Trinajstić information content (AvgIpc) is 2.17. The highest BCUT2D eigenvalue weighted by atomic mass is 16.5. The maximum Gasteiger partial charge on any atom is 0.119 e. The van der Waals surface area contributed by atoms with Gasteiger partial charge in [0.05, 0.1) is 18.2 Å². The Morgan fingerprint density at radius 3 is 2.07 bits per heavy atom. The van der Waals surface area contributed by atoms with E-state index in [1.165, 1.54) is 0 Å². The first kappa shape index (κ1) is 12.0. The Morgan fingerprint density at radius 2 is 1.67 bits per heavy atom. The number of hydrogen-bond donors (Lipinski definition) is 2. The molecule has 0 bridgehead atoms. The highest BCUT2D eigenvalue weighted by molar-refractivity contribution is 5.29. The molecule has 2 unspecified atom stereocenters. The number of aliphatic hydroxyl groups excluding tert-OH is 1. The molecule has 0 spiro atoms. The van der Waals surface area contributed by atoms with Crippen LogP contribution in [0.5, 0.6) is 5.75 Å². The van der Waals surface area contributed by atoms with Gasteiger partial charge in [-0.05, 0) is 38.5 Å². The Bertz CT molecular complexity index is 293. The van der Waals surface area contributed by atoms with Crippen LogP contribution in [0.15, 0.2) is 24.3 Å². The molecule has 3 nitrogen and oxygen atoms in total. The average molecular weight is 209 g/mol. The van der Waals surface area contributed by atoms with Crippen LogP contribution < -0.4 is 10.5 Å². The Hall–Kier alpha value is -1.06. The molecular formula is C12H19NO2. The lowest BCUT2D eigenvalue weighted by Gasteiger charge is -2.16. The van der Waals surface area contributed by atoms with Gasteiger partial charge in [0, 0.05) is 0 Å². The summed E-state index contributed by atoms with van der Waals surface area (Å²) in [5.74, 6) is 0.826. The van der Waals surface area contributed by atoms with E-state index in [1.807, 2.05) is 38.1 Å². The van der Waals surface area contributed by atoms with Crippen LogP contribution >= 0.6 is 0 Å². The number of aliphatic hydroxyl groups is 1. The topological polar surface area (TPSA) is 55.5 Å². The van der Waals surface area contributed by atoms with Gasteiger partial charge in [0.25, 0.3) is 0 Å². The van der Waals surface area contributed by atoms with Crippen molar-refractivity contribution in [2.45, 2.75) is 39.0 Å². The third-order valence-electron chi connectivity index (χ3n) is 2.16. The summed E-state index contributed by atoms with van der Waals surface area (Å²) in [7, 11) is 0. The molecule has 1 aromatic rings. The van der Waals surface area contributed by atoms with Crippen LogP contribution in [0, 0.1) is 0 Å². The molecule has 3 N–H and O–H groups in total. The normalized spacial score (nSPS) is 15.1. The van der Waals surface area contributed by atoms with E-state index in [-0.39, 0.29) is 12.1 Å². The standard InChI is InChI=1S/C12H19NO2/c1-8(2)15-11-6-4-10(5-7-11)12(13)9(3)14/h4-9,12,14H,13H2,1-3H3. The quantitative estimate of drug-likeness (QED) is 0.795. The van der Waals surface area contributed by atoms with E-state index in [0.717, 1.165) is 11.3 Å². The molecule has 0 amide bonds. The third kappa shape index (κ3) is 3.53. The Labute approximate surface area is 90.9 Å². The number of ether oxygens (including phenoxy) is 1. The van der Waals surface area contributed by atoms with Crippen LogP contribution in [0.25, 0.3) is 0 Å². The molecule has 0 saturated carbocycles. The van der Waals surface area contributed by atoms with Crippen LogP contribution in [0.1, 0.15) is 32.4 Å². The molecule has 1 rings (SSSR count). The number of hydrogen-bond acceptors (Lipinski definition) is 3. The van der Waals surface area contributed by atoms with Crippen molar-refractivity contribution in [2.24, 2.45) is 5.73 Å². The molecule has 1 aromatic carbocycles. The fourth-order valence-electron chi connectivity index (χ4n) is 1.32. The van der Waals surface area contributed by atoms with Gasteiger partial charge in [-0.15, -0.1) is 0 Å². The monoisotopic (exact) mass is 209 g/mol. The summed E-state index contributed by atoms with van der Waals surface area (Å²) in [6, 6.07) is 7.18. The molecule has 0 aliphatic heterocycles. The predicted octanol–water partition coefficient (Wildman–Crippen LogP) is 1.85. The lowest BCUT2D eigenvalue weighted by molar-refractivity contribution is 0.164. The second-order valence-corrected chi connectivity index (χ2v) is 4.00. The molecule has 0 saturated heterocycles. The van der Waals surface area contributed by atoms with Crippen LogP contribution in [0.3, 0.4) is 0 Å². The first-order valence-electron chi connectivity index (χ1n) is 5.21. The highest BCUT2D eigenvalue weighted by Gasteiger charge is 2.11. The van der Waals surface area contributed by atoms with Crippen molar-refractivity contribution in [1.29, 1.82) is 0 Å². The molecule has 0 aliphatic rings. The van der Waals surface area contributed by atoms with Crippen LogP contribution in [0.4, 0.5) is 0 Å². The van der Waals surface area contributed by atoms with Crippen molar-refractivity contribution in [2.75, 3.05) is 0 Å². The fraction of sp³-hybridized carbons (Fsp3) is 0.500. The van der Waals surface area contributed by atoms with Gasteiger partial charge >= 0.3 is 0 Å². The van der Waals surface area contributed by atoms with Gasteiger partial charge in [-0.3, -0.25) is 0 Å². The van der Waals surface area contributed by atoms with Crippen molar-refractivity contribution in [3.05, 3.63) is 29.8 Å². The highest BCUT2D eigenvalue weighted by Crippen LogP contribution is 2.19. The summed E-state index contributed by atoms with van der Waals surface area (Å²) in [5, 5.41) is 9.33. The maximum atomic E-state index is 9.33. The molecule has 15 heavy (non-hydrogen) atoms. The molecule has 0 fully saturated rings. The van der Waals surface area contributed by atoms with E-state index in [9.17, 15) is 5.11 Å². The van der Waals surface area contributed by atoms with Crippen molar-refractivity contribution >= 4 is 0 Å². The van der Waals surface area contributed by atoms with Gasteiger partial charge < -0.3 is 15.6 Å². The van der Waals surface area contributed by atoms with E-state index in [1.54, 1.807) is 6.92 Å². The number of rotatable bonds is 4. The van der Waals surface area contributed by atoms with E-state index in [0.29, 0.717) is 0 Å². The zero-order valence-corrected chi connectivity index (χ0v) is 9.47. The van der Waals surface area contributed by atoms with Crippen molar-refractivity contribution in [3.63, 3.8) is 0 Å². The summed E-state index contributed by atoms with van der Waals surface area (Å²) >= 11 is 0. The van der Waals surface area contributed by atoms with Gasteiger partial charge in [-0.25, -0.2) is 0 Å². The minimum absolute atomic E-state index is 0.168. The molecule has 2 atom stereocenters. The van der Waals surface area contributed by atoms with E-state index in [2.05, 4.69) is 0 Å². The SMILES string of the molecule is CC(C)Oc1ccc(C(N)C(C)O)cc1. The Balaban J connectivity index is 2.72. The van der Waals surface area contributed by atoms with Gasteiger partial charge in [-0.1, -0.05) is 12.1 Å². The number of benzene rings is 1. The number of nitrogens with two attached hydrogens (primary N) is 1. The largest absolute Gasteiger partial charge is 0.491 e. The van der Waals surface area contributed by atoms with Gasteiger partial charge in [0.15, 0.2) is 0 Å². The fourth-order valence-corrected chi connectivity index (χ4v) is 1.32. The second kappa shape index (κ2) is 5.14. The van der Waals surface area contributed by atoms with Crippen LogP contribution in [-0.4, -0.2) is 17.3 Å². The summed E-state index contributed by atoms with van der Waals surface area (Å²) in [5.41, 5.74) is 6.72. The Morgan fingerprint density at radius 1 is 1.13 bits per heavy atom. The smallest absolute Gasteiger partial charge is 0.119 e. The maximum absolute atomic E-state index is 9.33. The molecule has 0 heterocycles. The summed E-state index contributed by atoms with van der Waals surface area (Å²) in [6.45, 7) is 5.65. The van der Waals surface area contributed by atoms with Crippen LogP contribution in [0.2, 0.25) is 0 Å². The summed E-state index contributed by atoms with van der Waals surface area (Å²) < 4.78 is 5.51. The minimum Gasteiger partial charge on any atom is -0.491 e. The van der Waals surface area contributed by atoms with Crippen molar-refractivity contribution in [3.8, 4) is 5.75 Å². The van der Waals surface area contributed by atoms with Crippen LogP contribution in [-0.2, 0) is 0 Å². The zero-order valence-electron chi connectivity index (χ0n) is 9.47. The molecule has 3 heteroatoms. The predicted molar refractivity (Wildman–Crippen MR) is 60.8 cm³/mol. The van der Waals surface area contributed by atoms with Crippen molar-refractivity contribution in [1.82, 2.24) is 0 Å². The lowest BCUT2D eigenvalue weighted by atomic mass is 10.0. The lowest BCUT2D eigenvalue weighted by Crippen LogP contribution is -2.23. The molecular weight excluding hydrogens is 190 g/mol. The zero-order chi connectivity index (χ0) is 11.4. The summed E-state index contributed by atoms with van der Waals surface area (Å²) in [4.78, 5) is 0. The van der Waals surface area contributed by atoms with Crippen molar-refractivity contribution < 1.29 is 9.84 Å². The molecule has 84 valence electrons.